The Labute approximate surface area is 371 Å². The molecule has 0 unspecified atom stereocenters. The Morgan fingerprint density at radius 1 is 0.297 bits per heavy atom. The average molecular weight is 817 g/mol. The second-order valence-corrected chi connectivity index (χ2v) is 16.3. The monoisotopic (exact) mass is 816 g/mol. The summed E-state index contributed by atoms with van der Waals surface area (Å²) in [6.45, 7) is 0. The first-order valence-electron chi connectivity index (χ1n) is 21.8. The molecule has 3 nitrogen and oxygen atoms in total. The molecule has 300 valence electrons. The van der Waals surface area contributed by atoms with E-state index >= 15 is 0 Å². The van der Waals surface area contributed by atoms with Crippen molar-refractivity contribution in [2.24, 2.45) is 0 Å². The molecule has 12 rings (SSSR count). The number of rotatable bonds is 8. The number of oxazole rings is 1. The maximum absolute atomic E-state index is 6.38. The molecule has 0 aliphatic heterocycles. The predicted octanol–water partition coefficient (Wildman–Crippen LogP) is 17.1. The van der Waals surface area contributed by atoms with Crippen LogP contribution in [0.1, 0.15) is 0 Å². The molecule has 11 aromatic carbocycles. The van der Waals surface area contributed by atoms with Crippen LogP contribution in [0.2, 0.25) is 0 Å². The topological polar surface area (TPSA) is 29.3 Å². The molecule has 0 fully saturated rings. The molecule has 0 saturated heterocycles. The van der Waals surface area contributed by atoms with Crippen LogP contribution in [0, 0.1) is 0 Å². The minimum absolute atomic E-state index is 0.630. The van der Waals surface area contributed by atoms with Crippen LogP contribution in [0.4, 0.5) is 17.1 Å². The van der Waals surface area contributed by atoms with Gasteiger partial charge in [-0.25, -0.2) is 4.98 Å². The second-order valence-electron chi connectivity index (χ2n) is 16.3. The number of benzene rings is 11. The van der Waals surface area contributed by atoms with Crippen molar-refractivity contribution in [1.29, 1.82) is 0 Å². The highest BCUT2D eigenvalue weighted by molar-refractivity contribution is 6.14. The van der Waals surface area contributed by atoms with Gasteiger partial charge >= 0.3 is 0 Å². The lowest BCUT2D eigenvalue weighted by Gasteiger charge is -2.26. The Bertz CT molecular complexity index is 3630. The van der Waals surface area contributed by atoms with Crippen LogP contribution in [0.15, 0.2) is 247 Å². The third-order valence-corrected chi connectivity index (χ3v) is 12.5. The number of hydrogen-bond acceptors (Lipinski definition) is 3. The first-order chi connectivity index (χ1) is 31.7. The SMILES string of the molecule is c1ccc(-c2cccc(N(c3ccc(-c4ccc(-c5cc6oc(-c7ccccc7)nc6c6ccccc56)cc4)cc3)c3ccc(-c4cc5ccccc5c5ccccc45)cc3)c2)cc1. The minimum Gasteiger partial charge on any atom is -0.436 e. The summed E-state index contributed by atoms with van der Waals surface area (Å²) in [5.74, 6) is 0.630. The molecule has 0 spiro atoms. The molecule has 64 heavy (non-hydrogen) atoms. The van der Waals surface area contributed by atoms with Gasteiger partial charge in [0.05, 0.1) is 0 Å². The summed E-state index contributed by atoms with van der Waals surface area (Å²) in [5, 5.41) is 7.28. The molecular weight excluding hydrogens is 777 g/mol. The van der Waals surface area contributed by atoms with Crippen molar-refractivity contribution < 1.29 is 4.42 Å². The third-order valence-electron chi connectivity index (χ3n) is 12.5. The van der Waals surface area contributed by atoms with Crippen molar-refractivity contribution in [1.82, 2.24) is 4.98 Å². The molecule has 0 aliphatic rings. The summed E-state index contributed by atoms with van der Waals surface area (Å²) >= 11 is 0. The van der Waals surface area contributed by atoms with Gasteiger partial charge in [-0.05, 0) is 132 Å². The van der Waals surface area contributed by atoms with E-state index in [1.807, 2.05) is 30.3 Å². The van der Waals surface area contributed by atoms with Gasteiger partial charge in [-0.15, -0.1) is 0 Å². The summed E-state index contributed by atoms with van der Waals surface area (Å²) in [7, 11) is 0. The maximum Gasteiger partial charge on any atom is 0.227 e. The number of hydrogen-bond donors (Lipinski definition) is 0. The molecule has 1 heterocycles. The molecule has 0 saturated carbocycles. The smallest absolute Gasteiger partial charge is 0.227 e. The van der Waals surface area contributed by atoms with Gasteiger partial charge in [0, 0.05) is 28.0 Å². The number of nitrogens with zero attached hydrogens (tertiary/aromatic N) is 2. The fourth-order valence-electron chi connectivity index (χ4n) is 9.33. The van der Waals surface area contributed by atoms with E-state index < -0.39 is 0 Å². The maximum atomic E-state index is 6.38. The first kappa shape index (κ1) is 37.2. The highest BCUT2D eigenvalue weighted by Crippen LogP contribution is 2.41. The highest BCUT2D eigenvalue weighted by Gasteiger charge is 2.18. The van der Waals surface area contributed by atoms with E-state index in [0.717, 1.165) is 66.8 Å². The predicted molar refractivity (Wildman–Crippen MR) is 268 cm³/mol. The van der Waals surface area contributed by atoms with Gasteiger partial charge < -0.3 is 9.32 Å². The van der Waals surface area contributed by atoms with Crippen molar-refractivity contribution in [3.8, 4) is 56.0 Å². The zero-order chi connectivity index (χ0) is 42.4. The van der Waals surface area contributed by atoms with E-state index in [2.05, 4.69) is 217 Å². The molecule has 12 aromatic rings. The van der Waals surface area contributed by atoms with Gasteiger partial charge in [0.1, 0.15) is 5.52 Å². The second kappa shape index (κ2) is 15.7. The Morgan fingerprint density at radius 2 is 0.766 bits per heavy atom. The van der Waals surface area contributed by atoms with Crippen LogP contribution in [0.25, 0.3) is 99.4 Å². The van der Waals surface area contributed by atoms with E-state index in [4.69, 9.17) is 9.40 Å². The zero-order valence-electron chi connectivity index (χ0n) is 34.9. The molecule has 3 heteroatoms. The summed E-state index contributed by atoms with van der Waals surface area (Å²) < 4.78 is 6.38. The van der Waals surface area contributed by atoms with Crippen molar-refractivity contribution in [2.75, 3.05) is 4.90 Å². The fourth-order valence-corrected chi connectivity index (χ4v) is 9.33. The van der Waals surface area contributed by atoms with Crippen molar-refractivity contribution in [2.45, 2.75) is 0 Å². The van der Waals surface area contributed by atoms with Gasteiger partial charge in [-0.1, -0.05) is 182 Å². The van der Waals surface area contributed by atoms with Crippen molar-refractivity contribution in [3.63, 3.8) is 0 Å². The summed E-state index contributed by atoms with van der Waals surface area (Å²) in [5.41, 5.74) is 15.2. The van der Waals surface area contributed by atoms with Crippen LogP contribution in [0.3, 0.4) is 0 Å². The van der Waals surface area contributed by atoms with Gasteiger partial charge in [-0.2, -0.15) is 0 Å². The lowest BCUT2D eigenvalue weighted by Crippen LogP contribution is -2.10. The Hall–Kier alpha value is -8.53. The fraction of sp³-hybridized carbons (Fsp3) is 0. The van der Waals surface area contributed by atoms with Crippen LogP contribution in [0.5, 0.6) is 0 Å². The number of anilines is 3. The quantitative estimate of drug-likeness (QED) is 0.143. The average Bonchev–Trinajstić information content (AvgIpc) is 3.82. The van der Waals surface area contributed by atoms with E-state index in [0.29, 0.717) is 5.89 Å². The van der Waals surface area contributed by atoms with Crippen LogP contribution in [-0.4, -0.2) is 4.98 Å². The summed E-state index contributed by atoms with van der Waals surface area (Å²) in [6, 6.07) is 86.7. The molecule has 0 aliphatic carbocycles. The van der Waals surface area contributed by atoms with Crippen LogP contribution in [-0.2, 0) is 0 Å². The molecule has 0 radical (unpaired) electrons. The normalized spacial score (nSPS) is 11.4. The van der Waals surface area contributed by atoms with E-state index in [1.165, 1.54) is 43.8 Å². The molecule has 1 aromatic heterocycles. The lowest BCUT2D eigenvalue weighted by molar-refractivity contribution is 0.620. The minimum atomic E-state index is 0.630. The van der Waals surface area contributed by atoms with E-state index in [9.17, 15) is 0 Å². The first-order valence-corrected chi connectivity index (χ1v) is 21.8. The number of fused-ring (bicyclic) bond motifs is 6. The summed E-state index contributed by atoms with van der Waals surface area (Å²) in [4.78, 5) is 7.30. The summed E-state index contributed by atoms with van der Waals surface area (Å²) in [6.07, 6.45) is 0. The molecule has 0 amide bonds. The van der Waals surface area contributed by atoms with Crippen molar-refractivity contribution in [3.05, 3.63) is 243 Å². The Balaban J connectivity index is 0.898. The van der Waals surface area contributed by atoms with Crippen molar-refractivity contribution >= 4 is 60.5 Å². The largest absolute Gasteiger partial charge is 0.436 e. The standard InChI is InChI=1S/C61H40N2O/c1-3-14-41(15-4-1)47-19-13-20-51(38-47)63(50-36-32-45(33-37-50)57-39-48-18-7-8-21-52(48)53-22-9-10-23-54(53)57)49-34-30-43(31-35-49)42-26-28-44(29-27-42)58-40-59-60(56-25-12-11-24-55(56)58)62-61(64-59)46-16-5-2-6-17-46/h1-40H. The molecule has 0 bridgehead atoms. The van der Waals surface area contributed by atoms with Gasteiger partial charge in [0.25, 0.3) is 0 Å². The van der Waals surface area contributed by atoms with Crippen LogP contribution < -0.4 is 4.90 Å². The molecular formula is C61H40N2O. The Kier molecular flexibility index (Phi) is 9.16. The van der Waals surface area contributed by atoms with Crippen LogP contribution >= 0.6 is 0 Å². The molecule has 0 N–H and O–H groups in total. The lowest BCUT2D eigenvalue weighted by atomic mass is 9.93. The van der Waals surface area contributed by atoms with E-state index in [1.54, 1.807) is 0 Å². The third kappa shape index (κ3) is 6.68. The molecule has 0 atom stereocenters. The Morgan fingerprint density at radius 3 is 1.44 bits per heavy atom. The van der Waals surface area contributed by atoms with Gasteiger partial charge in [-0.3, -0.25) is 0 Å². The highest BCUT2D eigenvalue weighted by atomic mass is 16.3. The van der Waals surface area contributed by atoms with Gasteiger partial charge in [0.15, 0.2) is 5.58 Å². The number of aromatic nitrogens is 1. The van der Waals surface area contributed by atoms with E-state index in [-0.39, 0.29) is 0 Å². The van der Waals surface area contributed by atoms with Gasteiger partial charge in [0.2, 0.25) is 5.89 Å². The zero-order valence-corrected chi connectivity index (χ0v) is 34.9.